The topological polar surface area (TPSA) is 59.4 Å². The highest BCUT2D eigenvalue weighted by atomic mass is 16.5. The van der Waals surface area contributed by atoms with Crippen LogP contribution in [-0.4, -0.2) is 47.4 Å². The fraction of sp³-hybridized carbons (Fsp3) is 0.733. The lowest BCUT2D eigenvalue weighted by Crippen LogP contribution is -2.52. The monoisotopic (exact) mass is 292 g/mol. The van der Waals surface area contributed by atoms with E-state index in [1.54, 1.807) is 24.0 Å². The number of anilines is 1. The Kier molecular flexibility index (Phi) is 4.26. The van der Waals surface area contributed by atoms with Gasteiger partial charge in [-0.2, -0.15) is 0 Å². The SMILES string of the molecule is CC1OCCC1NC1CCCN(c2nccn(C)c2=O)C1. The molecule has 0 aromatic carbocycles. The molecule has 1 aromatic rings. The van der Waals surface area contributed by atoms with Crippen LogP contribution in [0, 0.1) is 0 Å². The Morgan fingerprint density at radius 1 is 1.43 bits per heavy atom. The number of aryl methyl sites for hydroxylation is 1. The maximum Gasteiger partial charge on any atom is 0.293 e. The van der Waals surface area contributed by atoms with Crippen LogP contribution >= 0.6 is 0 Å². The molecule has 21 heavy (non-hydrogen) atoms. The Bertz CT molecular complexity index is 545. The van der Waals surface area contributed by atoms with Gasteiger partial charge in [0.25, 0.3) is 5.56 Å². The lowest BCUT2D eigenvalue weighted by Gasteiger charge is -2.35. The molecule has 3 atom stereocenters. The van der Waals surface area contributed by atoms with Crippen LogP contribution in [0.3, 0.4) is 0 Å². The fourth-order valence-electron chi connectivity index (χ4n) is 3.26. The van der Waals surface area contributed by atoms with Gasteiger partial charge in [-0.3, -0.25) is 4.79 Å². The smallest absolute Gasteiger partial charge is 0.293 e. The summed E-state index contributed by atoms with van der Waals surface area (Å²) in [6.45, 7) is 4.71. The Morgan fingerprint density at radius 3 is 3.05 bits per heavy atom. The van der Waals surface area contributed by atoms with E-state index in [1.807, 2.05) is 0 Å². The van der Waals surface area contributed by atoms with Crippen molar-refractivity contribution < 1.29 is 4.74 Å². The summed E-state index contributed by atoms with van der Waals surface area (Å²) < 4.78 is 7.20. The van der Waals surface area contributed by atoms with Crippen LogP contribution < -0.4 is 15.8 Å². The second-order valence-corrected chi connectivity index (χ2v) is 6.09. The van der Waals surface area contributed by atoms with E-state index in [4.69, 9.17) is 4.74 Å². The van der Waals surface area contributed by atoms with Crippen LogP contribution in [0.5, 0.6) is 0 Å². The number of nitrogens with zero attached hydrogens (tertiary/aromatic N) is 3. The average Bonchev–Trinajstić information content (AvgIpc) is 2.88. The minimum atomic E-state index is -0.0179. The van der Waals surface area contributed by atoms with Crippen LogP contribution in [0.15, 0.2) is 17.2 Å². The van der Waals surface area contributed by atoms with E-state index in [2.05, 4.69) is 22.1 Å². The third-order valence-corrected chi connectivity index (χ3v) is 4.55. The second kappa shape index (κ2) is 6.15. The van der Waals surface area contributed by atoms with Crippen molar-refractivity contribution >= 4 is 5.82 Å². The van der Waals surface area contributed by atoms with Gasteiger partial charge in [0.05, 0.1) is 6.10 Å². The van der Waals surface area contributed by atoms with Crippen LogP contribution in [0.1, 0.15) is 26.2 Å². The fourth-order valence-corrected chi connectivity index (χ4v) is 3.26. The molecular formula is C15H24N4O2. The summed E-state index contributed by atoms with van der Waals surface area (Å²) in [6.07, 6.45) is 6.97. The van der Waals surface area contributed by atoms with Crippen molar-refractivity contribution in [1.82, 2.24) is 14.9 Å². The number of aromatic nitrogens is 2. The van der Waals surface area contributed by atoms with Crippen LogP contribution in [0.4, 0.5) is 5.82 Å². The molecule has 2 fully saturated rings. The van der Waals surface area contributed by atoms with E-state index in [-0.39, 0.29) is 11.7 Å². The summed E-state index contributed by atoms with van der Waals surface area (Å²) in [6, 6.07) is 0.834. The van der Waals surface area contributed by atoms with Gasteiger partial charge in [0.2, 0.25) is 0 Å². The molecule has 3 unspecified atom stereocenters. The van der Waals surface area contributed by atoms with Gasteiger partial charge in [-0.15, -0.1) is 0 Å². The lowest BCUT2D eigenvalue weighted by molar-refractivity contribution is 0.110. The summed E-state index contributed by atoms with van der Waals surface area (Å²) in [5.41, 5.74) is -0.0179. The average molecular weight is 292 g/mol. The molecule has 0 radical (unpaired) electrons. The number of ether oxygens (including phenoxy) is 1. The highest BCUT2D eigenvalue weighted by Gasteiger charge is 2.29. The summed E-state index contributed by atoms with van der Waals surface area (Å²) in [5, 5.41) is 3.70. The third-order valence-electron chi connectivity index (χ3n) is 4.55. The molecule has 2 aliphatic heterocycles. The van der Waals surface area contributed by atoms with Crippen molar-refractivity contribution in [2.24, 2.45) is 7.05 Å². The molecule has 1 aromatic heterocycles. The molecular weight excluding hydrogens is 268 g/mol. The zero-order valence-corrected chi connectivity index (χ0v) is 12.8. The second-order valence-electron chi connectivity index (χ2n) is 6.09. The molecule has 116 valence electrons. The highest BCUT2D eigenvalue weighted by Crippen LogP contribution is 2.18. The minimum Gasteiger partial charge on any atom is -0.377 e. The Hall–Kier alpha value is -1.40. The molecule has 1 N–H and O–H groups in total. The molecule has 6 heteroatoms. The Balaban J connectivity index is 1.68. The number of nitrogens with one attached hydrogen (secondary N) is 1. The van der Waals surface area contributed by atoms with Gasteiger partial charge >= 0.3 is 0 Å². The number of rotatable bonds is 3. The molecule has 3 heterocycles. The molecule has 2 saturated heterocycles. The summed E-state index contributed by atoms with van der Waals surface area (Å²) in [4.78, 5) is 18.6. The van der Waals surface area contributed by atoms with Crippen LogP contribution in [0.2, 0.25) is 0 Å². The van der Waals surface area contributed by atoms with Crippen molar-refractivity contribution in [1.29, 1.82) is 0 Å². The van der Waals surface area contributed by atoms with E-state index in [1.165, 1.54) is 0 Å². The van der Waals surface area contributed by atoms with Crippen LogP contribution in [-0.2, 0) is 11.8 Å². The van der Waals surface area contributed by atoms with Crippen LogP contribution in [0.25, 0.3) is 0 Å². The van der Waals surface area contributed by atoms with Crippen molar-refractivity contribution in [2.75, 3.05) is 24.6 Å². The van der Waals surface area contributed by atoms with Gasteiger partial charge < -0.3 is 19.5 Å². The Morgan fingerprint density at radius 2 is 2.29 bits per heavy atom. The summed E-state index contributed by atoms with van der Waals surface area (Å²) in [5.74, 6) is 0.572. The van der Waals surface area contributed by atoms with Crippen molar-refractivity contribution in [3.8, 4) is 0 Å². The minimum absolute atomic E-state index is 0.0179. The zero-order chi connectivity index (χ0) is 14.8. The van der Waals surface area contributed by atoms with Gasteiger partial charge in [-0.1, -0.05) is 0 Å². The molecule has 6 nitrogen and oxygen atoms in total. The lowest BCUT2D eigenvalue weighted by atomic mass is 10.0. The number of piperidine rings is 1. The Labute approximate surface area is 125 Å². The molecule has 0 amide bonds. The molecule has 0 spiro atoms. The highest BCUT2D eigenvalue weighted by molar-refractivity contribution is 5.36. The zero-order valence-electron chi connectivity index (χ0n) is 12.8. The van der Waals surface area contributed by atoms with Gasteiger partial charge in [-0.25, -0.2) is 4.98 Å². The van der Waals surface area contributed by atoms with Gasteiger partial charge in [-0.05, 0) is 26.2 Å². The summed E-state index contributed by atoms with van der Waals surface area (Å²) in [7, 11) is 1.77. The normalized spacial score (nSPS) is 29.8. The van der Waals surface area contributed by atoms with E-state index in [0.29, 0.717) is 17.9 Å². The predicted molar refractivity (Wildman–Crippen MR) is 81.7 cm³/mol. The predicted octanol–water partition coefficient (Wildman–Crippen LogP) is 0.516. The van der Waals surface area contributed by atoms with E-state index in [0.717, 1.165) is 39.0 Å². The van der Waals surface area contributed by atoms with Crippen molar-refractivity contribution in [2.45, 2.75) is 44.4 Å². The first-order valence-corrected chi connectivity index (χ1v) is 7.79. The molecule has 0 bridgehead atoms. The molecule has 0 saturated carbocycles. The van der Waals surface area contributed by atoms with Crippen molar-refractivity contribution in [3.63, 3.8) is 0 Å². The number of hydrogen-bond donors (Lipinski definition) is 1. The first-order valence-electron chi connectivity index (χ1n) is 7.79. The first kappa shape index (κ1) is 14.5. The maximum absolute atomic E-state index is 12.2. The third kappa shape index (κ3) is 3.11. The first-order chi connectivity index (χ1) is 10.1. The van der Waals surface area contributed by atoms with Crippen molar-refractivity contribution in [3.05, 3.63) is 22.7 Å². The maximum atomic E-state index is 12.2. The standard InChI is InChI=1S/C15H24N4O2/c1-11-13(5-9-21-11)17-12-4-3-7-19(10-12)14-15(20)18(2)8-6-16-14/h6,8,11-13,17H,3-5,7,9-10H2,1-2H3. The van der Waals surface area contributed by atoms with E-state index in [9.17, 15) is 4.79 Å². The van der Waals surface area contributed by atoms with Gasteiger partial charge in [0.1, 0.15) is 0 Å². The van der Waals surface area contributed by atoms with Gasteiger partial charge in [0, 0.05) is 51.2 Å². The quantitative estimate of drug-likeness (QED) is 0.880. The number of hydrogen-bond acceptors (Lipinski definition) is 5. The molecule has 0 aliphatic carbocycles. The largest absolute Gasteiger partial charge is 0.377 e. The molecule has 2 aliphatic rings. The van der Waals surface area contributed by atoms with E-state index >= 15 is 0 Å². The van der Waals surface area contributed by atoms with Gasteiger partial charge in [0.15, 0.2) is 5.82 Å². The molecule has 3 rings (SSSR count). The van der Waals surface area contributed by atoms with E-state index < -0.39 is 0 Å². The summed E-state index contributed by atoms with van der Waals surface area (Å²) >= 11 is 0.